The maximum Gasteiger partial charge on any atom is 0.246 e. The van der Waals surface area contributed by atoms with E-state index in [1.165, 1.54) is 10.5 Å². The molecule has 3 N–H and O–H groups in total. The third-order valence-electron chi connectivity index (χ3n) is 2.94. The molecule has 0 bridgehead atoms. The highest BCUT2D eigenvalue weighted by molar-refractivity contribution is 5.96. The lowest BCUT2D eigenvalue weighted by Crippen LogP contribution is -2.40. The average molecular weight is 300 g/mol. The molecule has 0 aliphatic heterocycles. The number of rotatable bonds is 5. The fourth-order valence-corrected chi connectivity index (χ4v) is 1.59. The SMILES string of the molecule is CC(C)c1ccc(N(C)C(=O)CNC(=O)CN)cc1.Cl. The van der Waals surface area contributed by atoms with Crippen LogP contribution in [0.25, 0.3) is 0 Å². The second-order valence-corrected chi connectivity index (χ2v) is 4.68. The molecule has 2 amide bonds. The van der Waals surface area contributed by atoms with Crippen LogP contribution in [0.2, 0.25) is 0 Å². The number of benzene rings is 1. The summed E-state index contributed by atoms with van der Waals surface area (Å²) < 4.78 is 0. The van der Waals surface area contributed by atoms with E-state index < -0.39 is 0 Å². The summed E-state index contributed by atoms with van der Waals surface area (Å²) in [6, 6.07) is 7.81. The van der Waals surface area contributed by atoms with Gasteiger partial charge in [0.25, 0.3) is 0 Å². The van der Waals surface area contributed by atoms with Crippen molar-refractivity contribution in [2.75, 3.05) is 25.0 Å². The highest BCUT2D eigenvalue weighted by atomic mass is 35.5. The van der Waals surface area contributed by atoms with Crippen molar-refractivity contribution in [1.29, 1.82) is 0 Å². The first-order valence-electron chi connectivity index (χ1n) is 6.29. The van der Waals surface area contributed by atoms with E-state index in [1.807, 2.05) is 24.3 Å². The van der Waals surface area contributed by atoms with Crippen LogP contribution in [0, 0.1) is 0 Å². The largest absolute Gasteiger partial charge is 0.346 e. The topological polar surface area (TPSA) is 75.4 Å². The molecule has 6 heteroatoms. The number of nitrogens with two attached hydrogens (primary N) is 1. The van der Waals surface area contributed by atoms with Gasteiger partial charge in [-0.25, -0.2) is 0 Å². The van der Waals surface area contributed by atoms with Crippen LogP contribution in [-0.2, 0) is 9.59 Å². The van der Waals surface area contributed by atoms with Gasteiger partial charge in [0, 0.05) is 12.7 Å². The van der Waals surface area contributed by atoms with Crippen LogP contribution in [0.5, 0.6) is 0 Å². The molecule has 20 heavy (non-hydrogen) atoms. The van der Waals surface area contributed by atoms with Crippen LogP contribution >= 0.6 is 12.4 Å². The molecule has 0 heterocycles. The number of anilines is 1. The Morgan fingerprint density at radius 2 is 1.80 bits per heavy atom. The molecule has 0 spiro atoms. The first-order valence-corrected chi connectivity index (χ1v) is 6.29. The molecule has 0 saturated heterocycles. The van der Waals surface area contributed by atoms with Gasteiger partial charge in [-0.1, -0.05) is 26.0 Å². The zero-order valence-electron chi connectivity index (χ0n) is 12.1. The Morgan fingerprint density at radius 3 is 2.25 bits per heavy atom. The molecule has 0 aliphatic rings. The number of carbonyl (C=O) groups excluding carboxylic acids is 2. The predicted octanol–water partition coefficient (Wildman–Crippen LogP) is 1.27. The second kappa shape index (κ2) is 8.55. The van der Waals surface area contributed by atoms with Crippen LogP contribution in [0.3, 0.4) is 0 Å². The van der Waals surface area contributed by atoms with E-state index >= 15 is 0 Å². The molecule has 1 rings (SSSR count). The number of nitrogens with zero attached hydrogens (tertiary/aromatic N) is 1. The van der Waals surface area contributed by atoms with Gasteiger partial charge in [-0.3, -0.25) is 9.59 Å². The van der Waals surface area contributed by atoms with Crippen molar-refractivity contribution in [3.63, 3.8) is 0 Å². The zero-order valence-corrected chi connectivity index (χ0v) is 12.9. The molecule has 0 fully saturated rings. The summed E-state index contributed by atoms with van der Waals surface area (Å²) in [7, 11) is 1.68. The summed E-state index contributed by atoms with van der Waals surface area (Å²) in [5.41, 5.74) is 7.18. The maximum absolute atomic E-state index is 11.9. The van der Waals surface area contributed by atoms with E-state index in [0.717, 1.165) is 5.69 Å². The highest BCUT2D eigenvalue weighted by Crippen LogP contribution is 2.19. The summed E-state index contributed by atoms with van der Waals surface area (Å²) in [6.07, 6.45) is 0. The first-order chi connectivity index (χ1) is 8.95. The van der Waals surface area contributed by atoms with Crippen LogP contribution in [0.1, 0.15) is 25.3 Å². The Hall–Kier alpha value is -1.59. The van der Waals surface area contributed by atoms with Gasteiger partial charge in [-0.15, -0.1) is 12.4 Å². The van der Waals surface area contributed by atoms with E-state index in [0.29, 0.717) is 5.92 Å². The summed E-state index contributed by atoms with van der Waals surface area (Å²) in [5, 5.41) is 2.46. The van der Waals surface area contributed by atoms with Crippen LogP contribution < -0.4 is 16.0 Å². The van der Waals surface area contributed by atoms with Crippen LogP contribution in [-0.4, -0.2) is 32.0 Å². The second-order valence-electron chi connectivity index (χ2n) is 4.68. The van der Waals surface area contributed by atoms with Crippen molar-refractivity contribution in [3.05, 3.63) is 29.8 Å². The van der Waals surface area contributed by atoms with Gasteiger partial charge < -0.3 is 16.0 Å². The van der Waals surface area contributed by atoms with Crippen molar-refractivity contribution in [2.45, 2.75) is 19.8 Å². The molecule has 0 atom stereocenters. The zero-order chi connectivity index (χ0) is 14.4. The van der Waals surface area contributed by atoms with E-state index in [9.17, 15) is 9.59 Å². The van der Waals surface area contributed by atoms with E-state index in [4.69, 9.17) is 5.73 Å². The Morgan fingerprint density at radius 1 is 1.25 bits per heavy atom. The van der Waals surface area contributed by atoms with Gasteiger partial charge in [-0.05, 0) is 23.6 Å². The van der Waals surface area contributed by atoms with E-state index in [2.05, 4.69) is 19.2 Å². The lowest BCUT2D eigenvalue weighted by atomic mass is 10.0. The van der Waals surface area contributed by atoms with Crippen molar-refractivity contribution >= 4 is 29.9 Å². The Labute approximate surface area is 125 Å². The predicted molar refractivity (Wildman–Crippen MR) is 83.3 cm³/mol. The van der Waals surface area contributed by atoms with Gasteiger partial charge in [0.15, 0.2) is 0 Å². The molecular formula is C14H22ClN3O2. The van der Waals surface area contributed by atoms with Gasteiger partial charge in [0.2, 0.25) is 11.8 Å². The molecule has 5 nitrogen and oxygen atoms in total. The minimum atomic E-state index is -0.336. The standard InChI is InChI=1S/C14H21N3O2.ClH/c1-10(2)11-4-6-12(7-5-11)17(3)14(19)9-16-13(18)8-15;/h4-7,10H,8-9,15H2,1-3H3,(H,16,18);1H. The summed E-state index contributed by atoms with van der Waals surface area (Å²) in [6.45, 7) is 4.08. The average Bonchev–Trinajstić information content (AvgIpc) is 2.43. The quantitative estimate of drug-likeness (QED) is 0.860. The normalized spacial score (nSPS) is 9.85. The van der Waals surface area contributed by atoms with E-state index in [1.54, 1.807) is 7.05 Å². The Kier molecular flexibility index (Phi) is 7.87. The fourth-order valence-electron chi connectivity index (χ4n) is 1.59. The lowest BCUT2D eigenvalue weighted by molar-refractivity contribution is -0.124. The summed E-state index contributed by atoms with van der Waals surface area (Å²) in [4.78, 5) is 24.4. The van der Waals surface area contributed by atoms with Crippen molar-refractivity contribution in [2.24, 2.45) is 5.73 Å². The molecule has 0 saturated carbocycles. The van der Waals surface area contributed by atoms with Crippen molar-refractivity contribution in [3.8, 4) is 0 Å². The third kappa shape index (κ3) is 5.19. The molecule has 112 valence electrons. The third-order valence-corrected chi connectivity index (χ3v) is 2.94. The van der Waals surface area contributed by atoms with Gasteiger partial charge in [-0.2, -0.15) is 0 Å². The molecule has 1 aromatic rings. The van der Waals surface area contributed by atoms with Gasteiger partial charge in [0.1, 0.15) is 0 Å². The van der Waals surface area contributed by atoms with Gasteiger partial charge in [0.05, 0.1) is 13.1 Å². The molecular weight excluding hydrogens is 278 g/mol. The fraction of sp³-hybridized carbons (Fsp3) is 0.429. The van der Waals surface area contributed by atoms with Gasteiger partial charge >= 0.3 is 0 Å². The Bertz CT molecular complexity index is 446. The monoisotopic (exact) mass is 299 g/mol. The maximum atomic E-state index is 11.9. The number of likely N-dealkylation sites (N-methyl/N-ethyl adjacent to an activating group) is 1. The molecule has 0 aromatic heterocycles. The lowest BCUT2D eigenvalue weighted by Gasteiger charge is -2.18. The smallest absolute Gasteiger partial charge is 0.246 e. The Balaban J connectivity index is 0.00000361. The molecule has 1 aromatic carbocycles. The highest BCUT2D eigenvalue weighted by Gasteiger charge is 2.11. The molecule has 0 aliphatic carbocycles. The van der Waals surface area contributed by atoms with Crippen LogP contribution in [0.15, 0.2) is 24.3 Å². The summed E-state index contributed by atoms with van der Waals surface area (Å²) >= 11 is 0. The van der Waals surface area contributed by atoms with Crippen LogP contribution in [0.4, 0.5) is 5.69 Å². The number of hydrogen-bond acceptors (Lipinski definition) is 3. The number of carbonyl (C=O) groups is 2. The number of nitrogens with one attached hydrogen (secondary N) is 1. The minimum absolute atomic E-state index is 0. The number of halogens is 1. The minimum Gasteiger partial charge on any atom is -0.346 e. The summed E-state index contributed by atoms with van der Waals surface area (Å²) in [5.74, 6) is -0.0603. The van der Waals surface area contributed by atoms with E-state index in [-0.39, 0.29) is 37.3 Å². The van der Waals surface area contributed by atoms with Crippen molar-refractivity contribution in [1.82, 2.24) is 5.32 Å². The molecule has 0 unspecified atom stereocenters. The molecule has 0 radical (unpaired) electrons. The first kappa shape index (κ1) is 18.4. The number of hydrogen-bond donors (Lipinski definition) is 2. The van der Waals surface area contributed by atoms with Crippen molar-refractivity contribution < 1.29 is 9.59 Å². The number of amides is 2.